The highest BCUT2D eigenvalue weighted by Gasteiger charge is 2.13. The number of benzene rings is 1. The first kappa shape index (κ1) is 14.1. The number of phenols is 1. The zero-order chi connectivity index (χ0) is 15.5. The number of carbonyl (C=O) groups excluding carboxylic acids is 1. The van der Waals surface area contributed by atoms with Gasteiger partial charge in [-0.1, -0.05) is 12.1 Å². The molecule has 0 atom stereocenters. The zero-order valence-electron chi connectivity index (χ0n) is 12.3. The van der Waals surface area contributed by atoms with E-state index in [-0.39, 0.29) is 11.7 Å². The van der Waals surface area contributed by atoms with Crippen molar-refractivity contribution in [3.63, 3.8) is 0 Å². The van der Waals surface area contributed by atoms with Crippen LogP contribution < -0.4 is 0 Å². The number of hydrogen-bond donors (Lipinski definition) is 2. The fourth-order valence-electron chi connectivity index (χ4n) is 2.42. The lowest BCUT2D eigenvalue weighted by atomic mass is 10.1. The Labute approximate surface area is 128 Å². The van der Waals surface area contributed by atoms with Gasteiger partial charge in [-0.15, -0.1) is 0 Å². The van der Waals surface area contributed by atoms with Gasteiger partial charge in [0.25, 0.3) is 0 Å². The Balaban J connectivity index is 1.69. The lowest BCUT2D eigenvalue weighted by molar-refractivity contribution is -0.129. The van der Waals surface area contributed by atoms with E-state index in [0.717, 1.165) is 22.2 Å². The molecule has 0 saturated heterocycles. The summed E-state index contributed by atoms with van der Waals surface area (Å²) in [5.74, 6) is 0.266. The van der Waals surface area contributed by atoms with Crippen LogP contribution in [0.2, 0.25) is 0 Å². The van der Waals surface area contributed by atoms with Gasteiger partial charge in [-0.3, -0.25) is 4.79 Å². The normalized spacial score (nSPS) is 10.8. The third kappa shape index (κ3) is 2.93. The molecule has 0 unspecified atom stereocenters. The number of pyridine rings is 1. The molecule has 112 valence electrons. The topological polar surface area (TPSA) is 69.2 Å². The maximum Gasteiger partial charge on any atom is 0.227 e. The first-order chi connectivity index (χ1) is 10.6. The molecule has 0 saturated carbocycles. The molecule has 0 aliphatic rings. The van der Waals surface area contributed by atoms with Crippen molar-refractivity contribution in [3.05, 3.63) is 59.9 Å². The van der Waals surface area contributed by atoms with Gasteiger partial charge in [0.15, 0.2) is 0 Å². The lowest BCUT2D eigenvalue weighted by Gasteiger charge is -2.17. The van der Waals surface area contributed by atoms with Crippen LogP contribution in [0, 0.1) is 0 Å². The minimum atomic E-state index is 0.0397. The van der Waals surface area contributed by atoms with Gasteiger partial charge in [-0.2, -0.15) is 0 Å². The van der Waals surface area contributed by atoms with Crippen LogP contribution in [-0.4, -0.2) is 32.9 Å². The number of aromatic nitrogens is 2. The highest BCUT2D eigenvalue weighted by Crippen LogP contribution is 2.17. The third-order valence-electron chi connectivity index (χ3n) is 3.66. The first-order valence-corrected chi connectivity index (χ1v) is 7.06. The monoisotopic (exact) mass is 295 g/mol. The second-order valence-electron chi connectivity index (χ2n) is 5.31. The number of aromatic hydroxyl groups is 1. The smallest absolute Gasteiger partial charge is 0.227 e. The van der Waals surface area contributed by atoms with Crippen molar-refractivity contribution in [1.82, 2.24) is 14.9 Å². The van der Waals surface area contributed by atoms with Crippen LogP contribution in [0.1, 0.15) is 11.1 Å². The number of amides is 1. The summed E-state index contributed by atoms with van der Waals surface area (Å²) in [6.45, 7) is 0.514. The van der Waals surface area contributed by atoms with E-state index in [1.807, 2.05) is 30.5 Å². The average Bonchev–Trinajstić information content (AvgIpc) is 2.93. The maximum absolute atomic E-state index is 12.4. The average molecular weight is 295 g/mol. The van der Waals surface area contributed by atoms with Crippen LogP contribution >= 0.6 is 0 Å². The molecule has 0 spiro atoms. The molecule has 2 N–H and O–H groups in total. The van der Waals surface area contributed by atoms with Crippen molar-refractivity contribution in [3.8, 4) is 5.75 Å². The Hall–Kier alpha value is -2.82. The van der Waals surface area contributed by atoms with Gasteiger partial charge < -0.3 is 15.0 Å². The highest BCUT2D eigenvalue weighted by molar-refractivity contribution is 5.87. The van der Waals surface area contributed by atoms with Gasteiger partial charge >= 0.3 is 0 Å². The summed E-state index contributed by atoms with van der Waals surface area (Å²) in [7, 11) is 1.78. The number of nitrogens with zero attached hydrogens (tertiary/aromatic N) is 2. The van der Waals surface area contributed by atoms with Gasteiger partial charge in [0.2, 0.25) is 5.91 Å². The standard InChI is InChI=1S/C17H17N3O2/c1-20(11-12-4-6-14(21)7-5-12)16(22)9-13-10-19-17-15(13)3-2-8-18-17/h2-8,10,21H,9,11H2,1H3,(H,18,19). The maximum atomic E-state index is 12.4. The van der Waals surface area contributed by atoms with Crippen molar-refractivity contribution in [2.75, 3.05) is 7.05 Å². The molecular formula is C17H17N3O2. The van der Waals surface area contributed by atoms with E-state index in [4.69, 9.17) is 0 Å². The summed E-state index contributed by atoms with van der Waals surface area (Å²) in [6, 6.07) is 10.7. The van der Waals surface area contributed by atoms with Crippen LogP contribution in [0.25, 0.3) is 11.0 Å². The molecular weight excluding hydrogens is 278 g/mol. The molecule has 2 heterocycles. The van der Waals surface area contributed by atoms with Gasteiger partial charge in [-0.25, -0.2) is 4.98 Å². The summed E-state index contributed by atoms with van der Waals surface area (Å²) >= 11 is 0. The Morgan fingerprint density at radius 1 is 1.27 bits per heavy atom. The lowest BCUT2D eigenvalue weighted by Crippen LogP contribution is -2.27. The van der Waals surface area contributed by atoms with Crippen LogP contribution in [0.3, 0.4) is 0 Å². The van der Waals surface area contributed by atoms with E-state index < -0.39 is 0 Å². The van der Waals surface area contributed by atoms with Crippen LogP contribution in [-0.2, 0) is 17.8 Å². The number of phenolic OH excluding ortho intramolecular Hbond substituents is 1. The molecule has 3 aromatic rings. The van der Waals surface area contributed by atoms with E-state index in [2.05, 4.69) is 9.97 Å². The predicted octanol–water partition coefficient (Wildman–Crippen LogP) is 2.47. The van der Waals surface area contributed by atoms with Gasteiger partial charge in [0.05, 0.1) is 6.42 Å². The fourth-order valence-corrected chi connectivity index (χ4v) is 2.42. The number of aromatic amines is 1. The van der Waals surface area contributed by atoms with Crippen molar-refractivity contribution >= 4 is 16.9 Å². The zero-order valence-corrected chi connectivity index (χ0v) is 12.3. The molecule has 0 aliphatic heterocycles. The Kier molecular flexibility index (Phi) is 3.78. The number of H-pyrrole nitrogens is 1. The van der Waals surface area contributed by atoms with E-state index in [9.17, 15) is 9.90 Å². The number of hydrogen-bond acceptors (Lipinski definition) is 3. The highest BCUT2D eigenvalue weighted by atomic mass is 16.3. The van der Waals surface area contributed by atoms with Gasteiger partial charge in [0, 0.05) is 31.4 Å². The van der Waals surface area contributed by atoms with Gasteiger partial charge in [-0.05, 0) is 35.4 Å². The molecule has 3 rings (SSSR count). The fraction of sp³-hybridized carbons (Fsp3) is 0.176. The van der Waals surface area contributed by atoms with Gasteiger partial charge in [0.1, 0.15) is 11.4 Å². The van der Waals surface area contributed by atoms with Crippen molar-refractivity contribution in [1.29, 1.82) is 0 Å². The van der Waals surface area contributed by atoms with Crippen molar-refractivity contribution < 1.29 is 9.90 Å². The second kappa shape index (κ2) is 5.89. The van der Waals surface area contributed by atoms with E-state index in [1.54, 1.807) is 30.3 Å². The summed E-state index contributed by atoms with van der Waals surface area (Å²) in [4.78, 5) is 21.4. The number of fused-ring (bicyclic) bond motifs is 1. The summed E-state index contributed by atoms with van der Waals surface area (Å²) in [5, 5.41) is 10.3. The Morgan fingerprint density at radius 2 is 2.05 bits per heavy atom. The molecule has 22 heavy (non-hydrogen) atoms. The van der Waals surface area contributed by atoms with Crippen LogP contribution in [0.5, 0.6) is 5.75 Å². The van der Waals surface area contributed by atoms with Crippen LogP contribution in [0.15, 0.2) is 48.8 Å². The molecule has 2 aromatic heterocycles. The van der Waals surface area contributed by atoms with E-state index in [1.165, 1.54) is 0 Å². The summed E-state index contributed by atoms with van der Waals surface area (Å²) in [6.07, 6.45) is 3.89. The second-order valence-corrected chi connectivity index (χ2v) is 5.31. The number of nitrogens with one attached hydrogen (secondary N) is 1. The largest absolute Gasteiger partial charge is 0.508 e. The SMILES string of the molecule is CN(Cc1ccc(O)cc1)C(=O)Cc1c[nH]c2ncccc12. The molecule has 1 aromatic carbocycles. The molecule has 1 amide bonds. The molecule has 0 radical (unpaired) electrons. The van der Waals surface area contributed by atoms with E-state index >= 15 is 0 Å². The summed E-state index contributed by atoms with van der Waals surface area (Å²) in [5.41, 5.74) is 2.73. The first-order valence-electron chi connectivity index (χ1n) is 7.06. The molecule has 5 heteroatoms. The molecule has 0 aliphatic carbocycles. The Morgan fingerprint density at radius 3 is 2.82 bits per heavy atom. The predicted molar refractivity (Wildman–Crippen MR) is 84.4 cm³/mol. The number of carbonyl (C=O) groups is 1. The van der Waals surface area contributed by atoms with Crippen molar-refractivity contribution in [2.24, 2.45) is 0 Å². The molecule has 5 nitrogen and oxygen atoms in total. The quantitative estimate of drug-likeness (QED) is 0.777. The number of likely N-dealkylation sites (N-methyl/N-ethyl adjacent to an activating group) is 1. The molecule has 0 bridgehead atoms. The minimum absolute atomic E-state index is 0.0397. The van der Waals surface area contributed by atoms with Crippen molar-refractivity contribution in [2.45, 2.75) is 13.0 Å². The molecule has 0 fully saturated rings. The Bertz CT molecular complexity index is 793. The third-order valence-corrected chi connectivity index (χ3v) is 3.66. The van der Waals surface area contributed by atoms with Crippen LogP contribution in [0.4, 0.5) is 0 Å². The minimum Gasteiger partial charge on any atom is -0.508 e. The number of rotatable bonds is 4. The summed E-state index contributed by atoms with van der Waals surface area (Å²) < 4.78 is 0. The van der Waals surface area contributed by atoms with E-state index in [0.29, 0.717) is 13.0 Å².